The van der Waals surface area contributed by atoms with Gasteiger partial charge in [-0.05, 0) is 54.8 Å². The summed E-state index contributed by atoms with van der Waals surface area (Å²) in [4.78, 5) is 44.8. The van der Waals surface area contributed by atoms with Gasteiger partial charge in [-0.3, -0.25) is 19.2 Å². The number of halogens is 3. The zero-order valence-electron chi connectivity index (χ0n) is 26.6. The Bertz CT molecular complexity index is 1840. The van der Waals surface area contributed by atoms with E-state index in [4.69, 9.17) is 17.3 Å². The van der Waals surface area contributed by atoms with E-state index in [1.807, 2.05) is 0 Å². The van der Waals surface area contributed by atoms with Crippen LogP contribution in [0.2, 0.25) is 5.02 Å². The van der Waals surface area contributed by atoms with Gasteiger partial charge in [0.05, 0.1) is 17.1 Å². The molecule has 3 aromatic carbocycles. The molecule has 2 aliphatic rings. The first kappa shape index (κ1) is 34.2. The fourth-order valence-corrected chi connectivity index (χ4v) is 6.09. The van der Waals surface area contributed by atoms with E-state index >= 15 is 0 Å². The second-order valence-corrected chi connectivity index (χ2v) is 12.7. The predicted octanol–water partition coefficient (Wildman–Crippen LogP) is 3.57. The number of nitrogens with zero attached hydrogens (tertiary/aromatic N) is 5. The van der Waals surface area contributed by atoms with E-state index in [0.717, 1.165) is 18.4 Å². The number of benzene rings is 3. The van der Waals surface area contributed by atoms with Crippen molar-refractivity contribution in [1.82, 2.24) is 29.8 Å². The first-order chi connectivity index (χ1) is 23.5. The Kier molecular flexibility index (Phi) is 10.4. The Morgan fingerprint density at radius 2 is 1.78 bits per heavy atom. The Morgan fingerprint density at radius 3 is 2.47 bits per heavy atom. The summed E-state index contributed by atoms with van der Waals surface area (Å²) in [5.74, 6) is -1.69. The van der Waals surface area contributed by atoms with Crippen molar-refractivity contribution in [3.05, 3.63) is 94.1 Å². The maximum Gasteiger partial charge on any atom is 0.321 e. The molecule has 0 bridgehead atoms. The molecule has 4 aromatic rings. The number of amides is 4. The van der Waals surface area contributed by atoms with Crippen LogP contribution in [0.15, 0.2) is 60.7 Å². The van der Waals surface area contributed by atoms with Crippen molar-refractivity contribution in [3.8, 4) is 0 Å². The van der Waals surface area contributed by atoms with E-state index in [9.17, 15) is 28.3 Å². The van der Waals surface area contributed by atoms with Gasteiger partial charge in [0, 0.05) is 61.9 Å². The average molecular weight is 695 g/mol. The SMILES string of the molecule is NC(O)c1nn(CC(=O)N(CC(=O)NCc2cccc(Cl)c2F)C2CC2)c2ccc(NC(=O)N3CCN(Cc4ccc(F)cc4)CC3)cc12. The van der Waals surface area contributed by atoms with E-state index in [1.165, 1.54) is 33.8 Å². The van der Waals surface area contributed by atoms with Gasteiger partial charge in [-0.15, -0.1) is 0 Å². The number of carbonyl (C=O) groups excluding carboxylic acids is 3. The normalized spacial score (nSPS) is 15.7. The molecule has 0 spiro atoms. The second kappa shape index (κ2) is 14.9. The third kappa shape index (κ3) is 8.33. The van der Waals surface area contributed by atoms with Crippen molar-refractivity contribution in [2.75, 3.05) is 38.0 Å². The number of carbonyl (C=O) groups is 3. The lowest BCUT2D eigenvalue weighted by molar-refractivity contribution is -0.137. The number of fused-ring (bicyclic) bond motifs is 1. The van der Waals surface area contributed by atoms with Crippen LogP contribution < -0.4 is 16.4 Å². The van der Waals surface area contributed by atoms with Gasteiger partial charge in [-0.2, -0.15) is 5.10 Å². The summed E-state index contributed by atoms with van der Waals surface area (Å²) in [6.07, 6.45) is 0.0538. The van der Waals surface area contributed by atoms with Gasteiger partial charge in [0.1, 0.15) is 30.1 Å². The zero-order valence-corrected chi connectivity index (χ0v) is 27.4. The number of aromatic nitrogens is 2. The molecule has 1 aliphatic heterocycles. The fraction of sp³-hybridized carbons (Fsp3) is 0.353. The molecule has 2 heterocycles. The van der Waals surface area contributed by atoms with Gasteiger partial charge in [0.25, 0.3) is 0 Å². The number of nitrogens with two attached hydrogens (primary N) is 1. The molecule has 1 atom stereocenters. The first-order valence-corrected chi connectivity index (χ1v) is 16.4. The smallest absolute Gasteiger partial charge is 0.321 e. The van der Waals surface area contributed by atoms with E-state index in [2.05, 4.69) is 20.6 Å². The molecule has 1 saturated heterocycles. The number of hydrogen-bond donors (Lipinski definition) is 4. The van der Waals surface area contributed by atoms with Crippen molar-refractivity contribution in [1.29, 1.82) is 0 Å². The largest absolute Gasteiger partial charge is 0.373 e. The molecule has 5 N–H and O–H groups in total. The lowest BCUT2D eigenvalue weighted by atomic mass is 10.1. The van der Waals surface area contributed by atoms with Crippen LogP contribution in [0.5, 0.6) is 0 Å². The first-order valence-electron chi connectivity index (χ1n) is 16.0. The zero-order chi connectivity index (χ0) is 34.7. The molecule has 1 aromatic heterocycles. The molecule has 0 radical (unpaired) electrons. The predicted molar refractivity (Wildman–Crippen MR) is 179 cm³/mol. The van der Waals surface area contributed by atoms with Gasteiger partial charge in [0.15, 0.2) is 0 Å². The number of nitrogens with one attached hydrogen (secondary N) is 2. The monoisotopic (exact) mass is 694 g/mol. The van der Waals surface area contributed by atoms with E-state index in [1.54, 1.807) is 41.3 Å². The Hall–Kier alpha value is -4.63. The van der Waals surface area contributed by atoms with Crippen molar-refractivity contribution in [3.63, 3.8) is 0 Å². The number of anilines is 1. The van der Waals surface area contributed by atoms with Crippen LogP contribution in [0, 0.1) is 11.6 Å². The van der Waals surface area contributed by atoms with Crippen molar-refractivity contribution >= 4 is 46.0 Å². The number of urea groups is 1. The van der Waals surface area contributed by atoms with Crippen LogP contribution in [0.4, 0.5) is 19.3 Å². The Balaban J connectivity index is 1.08. The quantitative estimate of drug-likeness (QED) is 0.176. The molecule has 12 nitrogen and oxygen atoms in total. The highest BCUT2D eigenvalue weighted by Gasteiger charge is 2.34. The summed E-state index contributed by atoms with van der Waals surface area (Å²) in [5.41, 5.74) is 8.17. The summed E-state index contributed by atoms with van der Waals surface area (Å²) < 4.78 is 28.9. The van der Waals surface area contributed by atoms with Crippen LogP contribution in [0.25, 0.3) is 10.9 Å². The molecule has 6 rings (SSSR count). The van der Waals surface area contributed by atoms with E-state index in [-0.39, 0.29) is 59.7 Å². The minimum atomic E-state index is -1.45. The summed E-state index contributed by atoms with van der Waals surface area (Å²) in [7, 11) is 0. The standard InChI is InChI=1S/C34H37ClF2N8O4/c35-27-3-1-2-22(31(27)37)17-39-29(46)19-44(25-9-10-25)30(47)20-45-28-11-8-24(16-26(28)32(41-45)33(38)48)40-34(49)43-14-12-42(13-15-43)18-21-4-6-23(36)7-5-21/h1-8,11,16,25,33,48H,9-10,12-15,17-20,38H2,(H,39,46)(H,40,49). The second-order valence-electron chi connectivity index (χ2n) is 12.3. The molecule has 4 amide bonds. The van der Waals surface area contributed by atoms with Crippen LogP contribution >= 0.6 is 11.6 Å². The summed E-state index contributed by atoms with van der Waals surface area (Å²) >= 11 is 5.83. The fourth-order valence-electron chi connectivity index (χ4n) is 5.90. The highest BCUT2D eigenvalue weighted by Crippen LogP contribution is 2.29. The summed E-state index contributed by atoms with van der Waals surface area (Å²) in [6, 6.07) is 15.6. The number of aliphatic hydroxyl groups is 1. The van der Waals surface area contributed by atoms with Crippen LogP contribution in [0.3, 0.4) is 0 Å². The van der Waals surface area contributed by atoms with Gasteiger partial charge in [-0.25, -0.2) is 13.6 Å². The highest BCUT2D eigenvalue weighted by atomic mass is 35.5. The lowest BCUT2D eigenvalue weighted by Crippen LogP contribution is -2.49. The molecular formula is C34H37ClF2N8O4. The Morgan fingerprint density at radius 1 is 1.04 bits per heavy atom. The van der Waals surface area contributed by atoms with Crippen LogP contribution in [-0.2, 0) is 29.2 Å². The summed E-state index contributed by atoms with van der Waals surface area (Å²) in [6.45, 7) is 2.50. The molecule has 258 valence electrons. The van der Waals surface area contributed by atoms with Crippen molar-refractivity contribution < 1.29 is 28.3 Å². The number of piperazine rings is 1. The van der Waals surface area contributed by atoms with E-state index in [0.29, 0.717) is 49.3 Å². The van der Waals surface area contributed by atoms with Gasteiger partial charge in [-0.1, -0.05) is 35.9 Å². The van der Waals surface area contributed by atoms with Gasteiger partial charge in [0.2, 0.25) is 11.8 Å². The minimum absolute atomic E-state index is 0.0428. The molecule has 1 saturated carbocycles. The van der Waals surface area contributed by atoms with Gasteiger partial charge < -0.3 is 31.3 Å². The third-order valence-electron chi connectivity index (χ3n) is 8.70. The van der Waals surface area contributed by atoms with Gasteiger partial charge >= 0.3 is 6.03 Å². The molecule has 2 fully saturated rings. The lowest BCUT2D eigenvalue weighted by Gasteiger charge is -2.34. The van der Waals surface area contributed by atoms with Crippen molar-refractivity contribution in [2.24, 2.45) is 5.73 Å². The molecule has 49 heavy (non-hydrogen) atoms. The van der Waals surface area contributed by atoms with Crippen LogP contribution in [0.1, 0.15) is 35.9 Å². The molecular weight excluding hydrogens is 658 g/mol. The highest BCUT2D eigenvalue weighted by molar-refractivity contribution is 6.30. The topological polar surface area (TPSA) is 149 Å². The molecule has 1 unspecified atom stereocenters. The maximum absolute atomic E-state index is 14.2. The number of rotatable bonds is 11. The van der Waals surface area contributed by atoms with E-state index < -0.39 is 18.0 Å². The Labute approximate surface area is 286 Å². The molecule has 1 aliphatic carbocycles. The van der Waals surface area contributed by atoms with Crippen molar-refractivity contribution in [2.45, 2.75) is 44.7 Å². The minimum Gasteiger partial charge on any atom is -0.373 e. The maximum atomic E-state index is 14.2. The molecule has 15 heteroatoms. The third-order valence-corrected chi connectivity index (χ3v) is 9.00. The number of aliphatic hydroxyl groups excluding tert-OH is 1. The number of hydrogen-bond acceptors (Lipinski definition) is 7. The van der Waals surface area contributed by atoms with Crippen LogP contribution in [-0.4, -0.2) is 86.2 Å². The average Bonchev–Trinajstić information content (AvgIpc) is 3.87. The summed E-state index contributed by atoms with van der Waals surface area (Å²) in [5, 5.41) is 20.7.